The van der Waals surface area contributed by atoms with E-state index in [0.29, 0.717) is 71.8 Å². The summed E-state index contributed by atoms with van der Waals surface area (Å²) >= 11 is 0. The Kier molecular flexibility index (Phi) is 14.5. The van der Waals surface area contributed by atoms with Crippen LogP contribution in [0, 0.1) is 17.8 Å². The molecule has 2 aromatic carbocycles. The van der Waals surface area contributed by atoms with Crippen molar-refractivity contribution < 1.29 is 35.9 Å². The van der Waals surface area contributed by atoms with E-state index < -0.39 is 31.2 Å². The Balaban J connectivity index is 0.000000142. The van der Waals surface area contributed by atoms with Gasteiger partial charge >= 0.3 is 12.2 Å². The van der Waals surface area contributed by atoms with Crippen molar-refractivity contribution in [2.24, 2.45) is 17.8 Å². The molecule has 0 radical (unpaired) electrons. The maximum atomic E-state index is 13.5. The van der Waals surface area contributed by atoms with Gasteiger partial charge in [-0.15, -0.1) is 0 Å². The predicted molar refractivity (Wildman–Crippen MR) is 257 cm³/mol. The molecule has 6 fully saturated rings. The number of pyridine rings is 2. The number of hydrogen-bond acceptors (Lipinski definition) is 12. The summed E-state index contributed by atoms with van der Waals surface area (Å²) < 4.78 is 67.3. The first kappa shape index (κ1) is 49.0. The molecule has 6 aliphatic rings. The molecule has 6 saturated heterocycles. The third kappa shape index (κ3) is 11.0. The summed E-state index contributed by atoms with van der Waals surface area (Å²) in [6.07, 6.45) is 12.5. The average molecular weight is 961 g/mol. The zero-order valence-electron chi connectivity index (χ0n) is 39.8. The summed E-state index contributed by atoms with van der Waals surface area (Å²) in [5, 5.41) is 9.89. The van der Waals surface area contributed by atoms with Gasteiger partial charge in [0, 0.05) is 105 Å². The third-order valence-corrected chi connectivity index (χ3v) is 17.5. The van der Waals surface area contributed by atoms with E-state index >= 15 is 0 Å². The van der Waals surface area contributed by atoms with Gasteiger partial charge < -0.3 is 29.9 Å². The maximum absolute atomic E-state index is 13.5. The Morgan fingerprint density at radius 3 is 1.67 bits per heavy atom. The number of amides is 2. The number of carbonyl (C=O) groups is 2. The lowest BCUT2D eigenvalue weighted by Crippen LogP contribution is -2.50. The Morgan fingerprint density at radius 1 is 0.612 bits per heavy atom. The van der Waals surface area contributed by atoms with E-state index in [0.717, 1.165) is 74.4 Å². The van der Waals surface area contributed by atoms with Crippen molar-refractivity contribution in [3.63, 3.8) is 0 Å². The van der Waals surface area contributed by atoms with Crippen molar-refractivity contribution in [1.29, 1.82) is 0 Å². The van der Waals surface area contributed by atoms with Crippen LogP contribution in [0.15, 0.2) is 83.1 Å². The molecule has 0 saturated carbocycles. The number of likely N-dealkylation sites (tertiary alicyclic amines) is 2. The second kappa shape index (κ2) is 19.9. The number of hydrogen-bond donors (Lipinski definition) is 2. The molecule has 2 N–H and O–H groups in total. The van der Waals surface area contributed by atoms with Crippen LogP contribution in [0.3, 0.4) is 0 Å². The van der Waals surface area contributed by atoms with Gasteiger partial charge in [0.1, 0.15) is 11.2 Å². The summed E-state index contributed by atoms with van der Waals surface area (Å²) in [5.74, 6) is 1.20. The fourth-order valence-electron chi connectivity index (χ4n) is 10.6. The van der Waals surface area contributed by atoms with Crippen molar-refractivity contribution in [2.45, 2.75) is 119 Å². The molecular formula is C49H68N8O8S2. The lowest BCUT2D eigenvalue weighted by molar-refractivity contribution is 0.00558. The number of nitrogens with zero attached hydrogens (tertiary/aromatic N) is 6. The Morgan fingerprint density at radius 2 is 1.12 bits per heavy atom. The molecule has 0 spiro atoms. The van der Waals surface area contributed by atoms with Crippen LogP contribution in [0.1, 0.15) is 80.1 Å². The number of aromatic nitrogens is 2. The van der Waals surface area contributed by atoms with Crippen LogP contribution in [0.5, 0.6) is 0 Å². The SMILES string of the molecule is CC(C)(C)OC(=O)N1CCC[C@@H]2CN(S(=O)(=O)c3cccc4cnccc34)C[C@@H]21.CC(C)(C)OC(=O)N1CCC[C@@H]2CNC[C@@H]21.O=S(=O)(c1cccc2cnccc12)N1C[C@H]2CCCN[C@H]2C1. The number of ether oxygens (including phenoxy) is 2. The topological polar surface area (TPSA) is 184 Å². The third-order valence-electron chi connectivity index (χ3n) is 13.8. The van der Waals surface area contributed by atoms with Gasteiger partial charge in [-0.3, -0.25) is 9.97 Å². The van der Waals surface area contributed by atoms with E-state index in [1.165, 1.54) is 10.7 Å². The Labute approximate surface area is 396 Å². The normalized spacial score (nSPS) is 25.8. The van der Waals surface area contributed by atoms with Crippen molar-refractivity contribution in [1.82, 2.24) is 39.0 Å². The molecule has 2 amide bonds. The number of rotatable bonds is 4. The fourth-order valence-corrected chi connectivity index (χ4v) is 14.1. The summed E-state index contributed by atoms with van der Waals surface area (Å²) in [4.78, 5) is 37.2. The molecule has 2 aromatic heterocycles. The number of nitrogens with one attached hydrogen (secondary N) is 2. The smallest absolute Gasteiger partial charge is 0.410 e. The minimum absolute atomic E-state index is 0.127. The zero-order valence-corrected chi connectivity index (χ0v) is 41.4. The number of carbonyl (C=O) groups excluding carboxylic acids is 2. The molecule has 16 nitrogen and oxygen atoms in total. The molecule has 10 rings (SSSR count). The number of fused-ring (bicyclic) bond motifs is 5. The fraction of sp³-hybridized carbons (Fsp3) is 0.592. The minimum Gasteiger partial charge on any atom is -0.444 e. The highest BCUT2D eigenvalue weighted by Gasteiger charge is 2.47. The van der Waals surface area contributed by atoms with Gasteiger partial charge in [0.25, 0.3) is 0 Å². The second-order valence-corrected chi connectivity index (χ2v) is 24.6. The van der Waals surface area contributed by atoms with Crippen LogP contribution in [-0.2, 0) is 29.5 Å². The molecule has 67 heavy (non-hydrogen) atoms. The Hall–Kier alpha value is -4.46. The molecule has 8 heterocycles. The lowest BCUT2D eigenvalue weighted by Gasteiger charge is -2.37. The van der Waals surface area contributed by atoms with Gasteiger partial charge in [0.05, 0.1) is 21.9 Å². The van der Waals surface area contributed by atoms with Crippen LogP contribution >= 0.6 is 0 Å². The van der Waals surface area contributed by atoms with Crippen LogP contribution in [-0.4, -0.2) is 146 Å². The van der Waals surface area contributed by atoms with Crippen LogP contribution in [0.4, 0.5) is 9.59 Å². The highest BCUT2D eigenvalue weighted by Crippen LogP contribution is 2.37. The summed E-state index contributed by atoms with van der Waals surface area (Å²) in [6, 6.07) is 14.7. The highest BCUT2D eigenvalue weighted by atomic mass is 32.2. The van der Waals surface area contributed by atoms with Crippen molar-refractivity contribution in [2.75, 3.05) is 58.9 Å². The van der Waals surface area contributed by atoms with Crippen molar-refractivity contribution in [3.05, 3.63) is 73.3 Å². The highest BCUT2D eigenvalue weighted by molar-refractivity contribution is 7.89. The summed E-state index contributed by atoms with van der Waals surface area (Å²) in [6.45, 7) is 17.6. The van der Waals surface area contributed by atoms with E-state index in [4.69, 9.17) is 9.47 Å². The van der Waals surface area contributed by atoms with E-state index in [1.54, 1.807) is 70.4 Å². The van der Waals surface area contributed by atoms with Crippen LogP contribution in [0.2, 0.25) is 0 Å². The quantitative estimate of drug-likeness (QED) is 0.228. The molecule has 0 unspecified atom stereocenters. The molecular weight excluding hydrogens is 893 g/mol. The van der Waals surface area contributed by atoms with Crippen molar-refractivity contribution in [3.8, 4) is 0 Å². The molecule has 4 aromatic rings. The molecule has 6 aliphatic heterocycles. The number of piperidine rings is 3. The van der Waals surface area contributed by atoms with Gasteiger partial charge in [-0.05, 0) is 129 Å². The minimum atomic E-state index is -3.68. The molecule has 18 heteroatoms. The summed E-state index contributed by atoms with van der Waals surface area (Å²) in [7, 11) is -7.14. The van der Waals surface area contributed by atoms with Crippen molar-refractivity contribution >= 4 is 53.8 Å². The van der Waals surface area contributed by atoms with Gasteiger partial charge in [-0.2, -0.15) is 8.61 Å². The molecule has 364 valence electrons. The predicted octanol–water partition coefficient (Wildman–Crippen LogP) is 6.47. The first-order valence-electron chi connectivity index (χ1n) is 23.9. The molecule has 6 atom stereocenters. The molecule has 0 aliphatic carbocycles. The maximum Gasteiger partial charge on any atom is 0.410 e. The summed E-state index contributed by atoms with van der Waals surface area (Å²) in [5.41, 5.74) is -0.971. The van der Waals surface area contributed by atoms with Gasteiger partial charge in [-0.25, -0.2) is 26.4 Å². The standard InChI is InChI=1S/C21H27N3O4S.C16H19N3O2S.C12H22N2O2/c1-21(2,3)28-20(25)24-11-5-7-16-13-23(14-18(16)24)29(26,27)19-8-4-6-15-12-22-10-9-17(15)19;20-22(21,19-10-13-4-2-7-18-15(13)11-19)16-5-1-3-12-9-17-8-6-14(12)16;1-12(2,3)16-11(15)14-6-4-5-9-7-13-8-10(9)14/h4,6,8-10,12,16,18H,5,7,11,13-14H2,1-3H3;1,3,5-6,8-9,13,15,18H,2,4,7,10-11H2;9-10,13H,4-8H2,1-3H3/t16-,18+;13-,15+;9-,10+/m111/s1. The first-order valence-corrected chi connectivity index (χ1v) is 26.8. The van der Waals surface area contributed by atoms with Crippen LogP contribution < -0.4 is 10.6 Å². The van der Waals surface area contributed by atoms with E-state index in [2.05, 4.69) is 20.6 Å². The number of sulfonamides is 2. The van der Waals surface area contributed by atoms with Gasteiger partial charge in [0.15, 0.2) is 0 Å². The monoisotopic (exact) mass is 960 g/mol. The first-order chi connectivity index (χ1) is 31.8. The average Bonchev–Trinajstić information content (AvgIpc) is 4.07. The van der Waals surface area contributed by atoms with E-state index in [-0.39, 0.29) is 24.1 Å². The van der Waals surface area contributed by atoms with Gasteiger partial charge in [-0.1, -0.05) is 24.3 Å². The van der Waals surface area contributed by atoms with E-state index in [9.17, 15) is 26.4 Å². The second-order valence-electron chi connectivity index (χ2n) is 20.8. The Bertz CT molecular complexity index is 2610. The molecule has 0 bridgehead atoms. The van der Waals surface area contributed by atoms with E-state index in [1.807, 2.05) is 58.6 Å². The lowest BCUT2D eigenvalue weighted by atomic mass is 9.92. The largest absolute Gasteiger partial charge is 0.444 e. The van der Waals surface area contributed by atoms with Gasteiger partial charge in [0.2, 0.25) is 20.0 Å². The number of benzene rings is 2. The zero-order chi connectivity index (χ0) is 47.7. The van der Waals surface area contributed by atoms with Crippen LogP contribution in [0.25, 0.3) is 21.5 Å².